The highest BCUT2D eigenvalue weighted by molar-refractivity contribution is 5.80. The fourth-order valence-corrected chi connectivity index (χ4v) is 2.44. The number of ether oxygens (including phenoxy) is 2. The molecular weight excluding hydrogens is 254 g/mol. The Balaban J connectivity index is 2.11. The van der Waals surface area contributed by atoms with E-state index in [0.717, 1.165) is 35.6 Å². The smallest absolute Gasteiger partial charge is 0.293 e. The van der Waals surface area contributed by atoms with Gasteiger partial charge in [0.15, 0.2) is 0 Å². The van der Waals surface area contributed by atoms with Gasteiger partial charge < -0.3 is 9.47 Å². The first kappa shape index (κ1) is 12.7. The molecule has 1 saturated heterocycles. The van der Waals surface area contributed by atoms with Gasteiger partial charge in [0, 0.05) is 11.5 Å². The number of benzene rings is 1. The van der Waals surface area contributed by atoms with Gasteiger partial charge in [-0.15, -0.1) is 0 Å². The van der Waals surface area contributed by atoms with Crippen molar-refractivity contribution in [3.05, 3.63) is 29.8 Å². The van der Waals surface area contributed by atoms with Crippen molar-refractivity contribution < 1.29 is 14.5 Å². The quantitative estimate of drug-likeness (QED) is 0.827. The summed E-state index contributed by atoms with van der Waals surface area (Å²) in [5, 5.41) is 10.4. The predicted octanol–water partition coefficient (Wildman–Crippen LogP) is 1.37. The third kappa shape index (κ3) is 2.26. The SMILES string of the molecule is COc1ccc2cc(C#N)c(N3CCOCC3)[nH+]c2c1. The number of aromatic amines is 1. The Morgan fingerprint density at radius 3 is 2.80 bits per heavy atom. The van der Waals surface area contributed by atoms with Gasteiger partial charge in [-0.3, -0.25) is 4.90 Å². The van der Waals surface area contributed by atoms with Crippen LogP contribution in [0, 0.1) is 11.3 Å². The molecule has 1 aromatic heterocycles. The van der Waals surface area contributed by atoms with Crippen molar-refractivity contribution in [2.75, 3.05) is 38.3 Å². The van der Waals surface area contributed by atoms with Crippen LogP contribution in [-0.4, -0.2) is 33.4 Å². The molecule has 102 valence electrons. The molecule has 1 aliphatic rings. The number of nitriles is 1. The van der Waals surface area contributed by atoms with E-state index in [1.165, 1.54) is 0 Å². The average Bonchev–Trinajstić information content (AvgIpc) is 2.53. The summed E-state index contributed by atoms with van der Waals surface area (Å²) in [4.78, 5) is 5.51. The number of morpholine rings is 1. The number of hydrogen-bond donors (Lipinski definition) is 0. The second-order valence-corrected chi connectivity index (χ2v) is 4.70. The summed E-state index contributed by atoms with van der Waals surface area (Å²) in [5.74, 6) is 1.66. The van der Waals surface area contributed by atoms with E-state index in [9.17, 15) is 5.26 Å². The lowest BCUT2D eigenvalue weighted by Crippen LogP contribution is -2.40. The number of nitrogens with zero attached hydrogens (tertiary/aromatic N) is 2. The van der Waals surface area contributed by atoms with Crippen LogP contribution in [0.5, 0.6) is 5.75 Å². The second kappa shape index (κ2) is 5.35. The van der Waals surface area contributed by atoms with E-state index in [2.05, 4.69) is 16.0 Å². The van der Waals surface area contributed by atoms with Crippen LogP contribution in [0.25, 0.3) is 10.9 Å². The molecule has 20 heavy (non-hydrogen) atoms. The maximum atomic E-state index is 9.36. The maximum Gasteiger partial charge on any atom is 0.293 e. The summed E-state index contributed by atoms with van der Waals surface area (Å²) in [7, 11) is 1.65. The fraction of sp³-hybridized carbons (Fsp3) is 0.333. The highest BCUT2D eigenvalue weighted by atomic mass is 16.5. The third-order valence-corrected chi connectivity index (χ3v) is 3.52. The molecule has 1 N–H and O–H groups in total. The zero-order chi connectivity index (χ0) is 13.9. The monoisotopic (exact) mass is 270 g/mol. The van der Waals surface area contributed by atoms with Crippen molar-refractivity contribution >= 4 is 16.7 Å². The molecule has 0 bridgehead atoms. The highest BCUT2D eigenvalue weighted by Crippen LogP contribution is 2.23. The summed E-state index contributed by atoms with van der Waals surface area (Å²) in [6, 6.07) is 9.97. The molecule has 2 heterocycles. The molecule has 0 radical (unpaired) electrons. The molecule has 3 rings (SSSR count). The van der Waals surface area contributed by atoms with E-state index in [0.29, 0.717) is 18.8 Å². The number of anilines is 1. The minimum absolute atomic E-state index is 0.657. The lowest BCUT2D eigenvalue weighted by atomic mass is 10.1. The number of nitrogens with one attached hydrogen (secondary N) is 1. The topological polar surface area (TPSA) is 59.6 Å². The van der Waals surface area contributed by atoms with Gasteiger partial charge >= 0.3 is 0 Å². The van der Waals surface area contributed by atoms with Crippen molar-refractivity contribution in [2.24, 2.45) is 0 Å². The van der Waals surface area contributed by atoms with E-state index in [-0.39, 0.29) is 0 Å². The summed E-state index contributed by atoms with van der Waals surface area (Å²) in [6.07, 6.45) is 0. The van der Waals surface area contributed by atoms with E-state index in [1.807, 2.05) is 24.3 Å². The Morgan fingerprint density at radius 2 is 2.10 bits per heavy atom. The van der Waals surface area contributed by atoms with Crippen LogP contribution in [0.2, 0.25) is 0 Å². The normalized spacial score (nSPS) is 15.1. The first-order valence-electron chi connectivity index (χ1n) is 6.58. The number of H-pyrrole nitrogens is 1. The predicted molar refractivity (Wildman–Crippen MR) is 74.8 cm³/mol. The molecule has 1 aliphatic heterocycles. The Hall–Kier alpha value is -2.32. The van der Waals surface area contributed by atoms with Gasteiger partial charge in [0.1, 0.15) is 36.0 Å². The van der Waals surface area contributed by atoms with E-state index >= 15 is 0 Å². The van der Waals surface area contributed by atoms with Crippen molar-refractivity contribution in [3.8, 4) is 11.8 Å². The highest BCUT2D eigenvalue weighted by Gasteiger charge is 2.24. The molecule has 2 aromatic rings. The zero-order valence-corrected chi connectivity index (χ0v) is 11.3. The zero-order valence-electron chi connectivity index (χ0n) is 11.3. The molecule has 0 saturated carbocycles. The Bertz CT molecular complexity index is 673. The molecular formula is C15H16N3O2+. The van der Waals surface area contributed by atoms with Gasteiger partial charge in [-0.1, -0.05) is 0 Å². The van der Waals surface area contributed by atoms with Crippen molar-refractivity contribution in [2.45, 2.75) is 0 Å². The maximum absolute atomic E-state index is 9.36. The molecule has 1 aromatic carbocycles. The number of fused-ring (bicyclic) bond motifs is 1. The summed E-state index contributed by atoms with van der Waals surface area (Å²) < 4.78 is 10.6. The summed E-state index contributed by atoms with van der Waals surface area (Å²) >= 11 is 0. The van der Waals surface area contributed by atoms with Crippen LogP contribution in [0.15, 0.2) is 24.3 Å². The molecule has 5 nitrogen and oxygen atoms in total. The van der Waals surface area contributed by atoms with Gasteiger partial charge in [0.25, 0.3) is 5.82 Å². The number of hydrogen-bond acceptors (Lipinski definition) is 4. The van der Waals surface area contributed by atoms with Gasteiger partial charge in [0.05, 0.1) is 20.3 Å². The number of aromatic nitrogens is 1. The van der Waals surface area contributed by atoms with Gasteiger partial charge in [-0.2, -0.15) is 5.26 Å². The number of methoxy groups -OCH3 is 1. The van der Waals surface area contributed by atoms with Crippen LogP contribution in [0.4, 0.5) is 5.82 Å². The fourth-order valence-electron chi connectivity index (χ4n) is 2.44. The number of rotatable bonds is 2. The standard InChI is InChI=1S/C15H15N3O2/c1-19-13-3-2-11-8-12(10-16)15(17-14(11)9-13)18-4-6-20-7-5-18/h2-3,8-9H,4-7H2,1H3/p+1. The molecule has 0 atom stereocenters. The van der Waals surface area contributed by atoms with Crippen LogP contribution < -0.4 is 14.6 Å². The van der Waals surface area contributed by atoms with Crippen LogP contribution in [0.1, 0.15) is 5.56 Å². The Kier molecular flexibility index (Phi) is 3.40. The molecule has 5 heteroatoms. The van der Waals surface area contributed by atoms with Crippen molar-refractivity contribution in [1.82, 2.24) is 0 Å². The molecule has 1 fully saturated rings. The molecule has 0 aliphatic carbocycles. The van der Waals surface area contributed by atoms with Crippen LogP contribution in [0.3, 0.4) is 0 Å². The molecule has 0 amide bonds. The van der Waals surface area contributed by atoms with E-state index in [4.69, 9.17) is 9.47 Å². The largest absolute Gasteiger partial charge is 0.497 e. The minimum atomic E-state index is 0.657. The third-order valence-electron chi connectivity index (χ3n) is 3.52. The minimum Gasteiger partial charge on any atom is -0.497 e. The second-order valence-electron chi connectivity index (χ2n) is 4.70. The lowest BCUT2D eigenvalue weighted by Gasteiger charge is -2.22. The Morgan fingerprint density at radius 1 is 1.30 bits per heavy atom. The lowest BCUT2D eigenvalue weighted by molar-refractivity contribution is -0.331. The van der Waals surface area contributed by atoms with E-state index < -0.39 is 0 Å². The number of pyridine rings is 1. The average molecular weight is 270 g/mol. The van der Waals surface area contributed by atoms with Gasteiger partial charge in [-0.25, -0.2) is 4.98 Å². The first-order chi connectivity index (χ1) is 9.81. The summed E-state index contributed by atoms with van der Waals surface area (Å²) in [5.41, 5.74) is 1.62. The van der Waals surface area contributed by atoms with Crippen LogP contribution in [-0.2, 0) is 4.74 Å². The van der Waals surface area contributed by atoms with Crippen molar-refractivity contribution in [1.29, 1.82) is 5.26 Å². The van der Waals surface area contributed by atoms with Crippen LogP contribution >= 0.6 is 0 Å². The van der Waals surface area contributed by atoms with Gasteiger partial charge in [0.2, 0.25) is 0 Å². The first-order valence-corrected chi connectivity index (χ1v) is 6.58. The molecule has 0 unspecified atom stereocenters. The van der Waals surface area contributed by atoms with E-state index in [1.54, 1.807) is 7.11 Å². The van der Waals surface area contributed by atoms with Gasteiger partial charge in [-0.05, 0) is 18.2 Å². The molecule has 0 spiro atoms. The Labute approximate surface area is 117 Å². The van der Waals surface area contributed by atoms with Crippen molar-refractivity contribution in [3.63, 3.8) is 0 Å². The summed E-state index contributed by atoms with van der Waals surface area (Å²) in [6.45, 7) is 2.96.